The molecular formula is C8H11NaO. The van der Waals surface area contributed by atoms with E-state index in [1.54, 1.807) is 6.92 Å². The van der Waals surface area contributed by atoms with E-state index in [-0.39, 0.29) is 36.2 Å². The molecule has 0 radical (unpaired) electrons. The second kappa shape index (κ2) is 11.9. The van der Waals surface area contributed by atoms with Gasteiger partial charge in [-0.1, -0.05) is 43.3 Å². The van der Waals surface area contributed by atoms with Gasteiger partial charge in [0.2, 0.25) is 0 Å². The average molecular weight is 146 g/mol. The molecule has 0 aliphatic rings. The fraction of sp³-hybridized carbons (Fsp3) is 0.250. The molecule has 1 nitrogen and oxygen atoms in total. The summed E-state index contributed by atoms with van der Waals surface area (Å²) in [6, 6.07) is 12.0. The second-order valence-electron chi connectivity index (χ2n) is 1.44. The topological polar surface area (TPSA) is 23.1 Å². The molecule has 1 aromatic carbocycles. The van der Waals surface area contributed by atoms with Crippen molar-refractivity contribution < 1.29 is 34.7 Å². The fourth-order valence-electron chi connectivity index (χ4n) is 0.385. The van der Waals surface area contributed by atoms with Crippen LogP contribution in [0.15, 0.2) is 36.4 Å². The van der Waals surface area contributed by atoms with Gasteiger partial charge in [-0.15, -0.1) is 6.61 Å². The summed E-state index contributed by atoms with van der Waals surface area (Å²) in [5.74, 6) is 0. The Balaban J connectivity index is 0. The van der Waals surface area contributed by atoms with Gasteiger partial charge in [-0.25, -0.2) is 0 Å². The zero-order valence-electron chi connectivity index (χ0n) is 6.58. The van der Waals surface area contributed by atoms with Gasteiger partial charge in [0.1, 0.15) is 0 Å². The molecule has 0 fully saturated rings. The van der Waals surface area contributed by atoms with Crippen LogP contribution in [0.2, 0.25) is 0 Å². The molecular weight excluding hydrogens is 135 g/mol. The minimum atomic E-state index is 0. The van der Waals surface area contributed by atoms with Gasteiger partial charge in [-0.05, 0) is 0 Å². The summed E-state index contributed by atoms with van der Waals surface area (Å²) in [5, 5.41) is 8.93. The van der Waals surface area contributed by atoms with E-state index in [1.807, 2.05) is 36.4 Å². The molecule has 0 aliphatic heterocycles. The van der Waals surface area contributed by atoms with Gasteiger partial charge < -0.3 is 5.11 Å². The van der Waals surface area contributed by atoms with Crippen molar-refractivity contribution in [1.82, 2.24) is 0 Å². The predicted molar refractivity (Wildman–Crippen MR) is 37.0 cm³/mol. The van der Waals surface area contributed by atoms with Crippen molar-refractivity contribution in [2.75, 3.05) is 6.61 Å². The smallest absolute Gasteiger partial charge is 0.855 e. The third kappa shape index (κ3) is 11.0. The Morgan fingerprint density at radius 2 is 1.00 bits per heavy atom. The molecule has 0 bridgehead atoms. The normalized spacial score (nSPS) is 6.60. The molecule has 0 N–H and O–H groups in total. The van der Waals surface area contributed by atoms with Gasteiger partial charge in [0, 0.05) is 0 Å². The van der Waals surface area contributed by atoms with Crippen molar-refractivity contribution in [2.24, 2.45) is 0 Å². The maximum Gasteiger partial charge on any atom is 1.00 e. The van der Waals surface area contributed by atoms with E-state index in [2.05, 4.69) is 0 Å². The third-order valence-corrected chi connectivity index (χ3v) is 0.667. The molecule has 0 aliphatic carbocycles. The molecule has 0 aromatic heterocycles. The van der Waals surface area contributed by atoms with Crippen LogP contribution in [0.5, 0.6) is 0 Å². The van der Waals surface area contributed by atoms with Crippen molar-refractivity contribution >= 4 is 0 Å². The molecule has 1 rings (SSSR count). The Morgan fingerprint density at radius 1 is 0.900 bits per heavy atom. The van der Waals surface area contributed by atoms with Gasteiger partial charge in [0.05, 0.1) is 0 Å². The van der Waals surface area contributed by atoms with E-state index in [0.29, 0.717) is 0 Å². The summed E-state index contributed by atoms with van der Waals surface area (Å²) in [6.07, 6.45) is 0. The van der Waals surface area contributed by atoms with Crippen LogP contribution < -0.4 is 34.7 Å². The Morgan fingerprint density at radius 3 is 1.10 bits per heavy atom. The molecule has 0 saturated carbocycles. The molecule has 0 heterocycles. The van der Waals surface area contributed by atoms with Crippen molar-refractivity contribution in [3.05, 3.63) is 36.4 Å². The molecule has 10 heavy (non-hydrogen) atoms. The van der Waals surface area contributed by atoms with Gasteiger partial charge in [-0.2, -0.15) is 0 Å². The number of benzene rings is 1. The van der Waals surface area contributed by atoms with Crippen molar-refractivity contribution in [2.45, 2.75) is 6.92 Å². The monoisotopic (exact) mass is 146 g/mol. The summed E-state index contributed by atoms with van der Waals surface area (Å²) in [5.41, 5.74) is 0. The van der Waals surface area contributed by atoms with Crippen LogP contribution in [0.4, 0.5) is 0 Å². The Kier molecular flexibility index (Phi) is 15.3. The predicted octanol–water partition coefficient (Wildman–Crippen LogP) is -1.94. The summed E-state index contributed by atoms with van der Waals surface area (Å²) in [7, 11) is 0. The Hall–Kier alpha value is 0.180. The maximum atomic E-state index is 8.93. The largest absolute Gasteiger partial charge is 1.00 e. The molecule has 0 amide bonds. The first-order valence-electron chi connectivity index (χ1n) is 3.00. The fourth-order valence-corrected chi connectivity index (χ4v) is 0.385. The summed E-state index contributed by atoms with van der Waals surface area (Å²) in [6.45, 7) is 1.57. The summed E-state index contributed by atoms with van der Waals surface area (Å²) >= 11 is 0. The quantitative estimate of drug-likeness (QED) is 0.390. The van der Waals surface area contributed by atoms with Crippen LogP contribution in [-0.2, 0) is 0 Å². The van der Waals surface area contributed by atoms with Crippen molar-refractivity contribution in [3.8, 4) is 0 Å². The van der Waals surface area contributed by atoms with E-state index in [4.69, 9.17) is 5.11 Å². The average Bonchev–Trinajstić information content (AvgIpc) is 1.93. The first kappa shape index (κ1) is 12.8. The van der Waals surface area contributed by atoms with Gasteiger partial charge in [0.25, 0.3) is 0 Å². The van der Waals surface area contributed by atoms with Gasteiger partial charge >= 0.3 is 29.6 Å². The Bertz CT molecular complexity index is 92.1. The molecule has 2 heteroatoms. The number of rotatable bonds is 0. The molecule has 0 atom stereocenters. The van der Waals surface area contributed by atoms with Crippen LogP contribution in [-0.4, -0.2) is 6.61 Å². The van der Waals surface area contributed by atoms with Gasteiger partial charge in [0.15, 0.2) is 0 Å². The third-order valence-electron chi connectivity index (χ3n) is 0.667. The first-order chi connectivity index (χ1) is 4.41. The minimum Gasteiger partial charge on any atom is -0.855 e. The van der Waals surface area contributed by atoms with Crippen LogP contribution in [0.25, 0.3) is 0 Å². The van der Waals surface area contributed by atoms with Crippen LogP contribution >= 0.6 is 0 Å². The summed E-state index contributed by atoms with van der Waals surface area (Å²) in [4.78, 5) is 0. The molecule has 0 saturated heterocycles. The zero-order chi connectivity index (χ0) is 6.95. The van der Waals surface area contributed by atoms with E-state index >= 15 is 0 Å². The van der Waals surface area contributed by atoms with Crippen LogP contribution in [0.1, 0.15) is 6.92 Å². The van der Waals surface area contributed by atoms with E-state index in [9.17, 15) is 0 Å². The number of hydrogen-bond donors (Lipinski definition) is 0. The van der Waals surface area contributed by atoms with Crippen molar-refractivity contribution in [1.29, 1.82) is 0 Å². The number of hydrogen-bond acceptors (Lipinski definition) is 1. The molecule has 0 spiro atoms. The zero-order valence-corrected chi connectivity index (χ0v) is 8.58. The second-order valence-corrected chi connectivity index (χ2v) is 1.44. The van der Waals surface area contributed by atoms with Crippen LogP contribution in [0.3, 0.4) is 0 Å². The molecule has 1 aromatic rings. The SMILES string of the molecule is CC[O-].[Na+].c1ccccc1. The van der Waals surface area contributed by atoms with E-state index in [1.165, 1.54) is 0 Å². The maximum absolute atomic E-state index is 8.93. The molecule has 0 unspecified atom stereocenters. The first-order valence-corrected chi connectivity index (χ1v) is 3.00. The Labute approximate surface area is 84.4 Å². The standard InChI is InChI=1S/C6H6.C2H5O.Na/c1-2-4-6-5-3-1;1-2-3;/h1-6H;2H2,1H3;/q;-1;+1. The molecule has 50 valence electrons. The van der Waals surface area contributed by atoms with Gasteiger partial charge in [-0.3, -0.25) is 0 Å². The van der Waals surface area contributed by atoms with E-state index in [0.717, 1.165) is 0 Å². The van der Waals surface area contributed by atoms with E-state index < -0.39 is 0 Å². The van der Waals surface area contributed by atoms with Crippen molar-refractivity contribution in [3.63, 3.8) is 0 Å². The minimum absolute atomic E-state index is 0. The van der Waals surface area contributed by atoms with Crippen LogP contribution in [0, 0.1) is 0 Å². The summed E-state index contributed by atoms with van der Waals surface area (Å²) < 4.78 is 0.